The van der Waals surface area contributed by atoms with Gasteiger partial charge in [0.05, 0.1) is 13.0 Å². The summed E-state index contributed by atoms with van der Waals surface area (Å²) in [7, 11) is 0. The molecule has 0 bridgehead atoms. The largest absolute Gasteiger partial charge is 0.466 e. The van der Waals surface area contributed by atoms with Gasteiger partial charge in [0, 0.05) is 12.6 Å². The average Bonchev–Trinajstić information content (AvgIpc) is 2.80. The predicted octanol–water partition coefficient (Wildman–Crippen LogP) is 3.48. The number of ether oxygens (including phenoxy) is 2. The maximum absolute atomic E-state index is 13.7. The molecule has 0 spiro atoms. The first-order valence-corrected chi connectivity index (χ1v) is 13.5. The number of rotatable bonds is 12. The number of carbonyl (C=O) groups is 4. The number of nitrogens with one attached hydrogen (secondary N) is 2. The minimum absolute atomic E-state index is 0.0116. The van der Waals surface area contributed by atoms with Gasteiger partial charge in [0.1, 0.15) is 17.7 Å². The van der Waals surface area contributed by atoms with Gasteiger partial charge in [-0.05, 0) is 76.7 Å². The molecule has 0 saturated heterocycles. The molecule has 10 heteroatoms. The number of terminal acetylenes is 1. The monoisotopic (exact) mass is 533 g/mol. The Labute approximate surface area is 224 Å². The van der Waals surface area contributed by atoms with Gasteiger partial charge in [-0.15, -0.1) is 0 Å². The summed E-state index contributed by atoms with van der Waals surface area (Å²) >= 11 is 1.50. The van der Waals surface area contributed by atoms with E-state index in [2.05, 4.69) is 16.7 Å². The lowest BCUT2D eigenvalue weighted by atomic mass is 9.98. The highest BCUT2D eigenvalue weighted by Crippen LogP contribution is 2.25. The molecule has 0 aliphatic rings. The standard InChI is InChI=1S/C27H39N3O6S/c1-9-30(25(33)21(14-16-37-8)29-26(34)36-27(5,6)7)23(20-12-11-18(3)19(4)17-20)24(32)28-15-13-22(31)35-10-2/h1,11-12,17,21,23H,10,13-16H2,2-8H3,(H,28,32)(H,29,34). The Morgan fingerprint density at radius 3 is 2.38 bits per heavy atom. The number of benzene rings is 1. The molecule has 0 aliphatic heterocycles. The van der Waals surface area contributed by atoms with Gasteiger partial charge in [-0.2, -0.15) is 11.8 Å². The van der Waals surface area contributed by atoms with E-state index in [0.717, 1.165) is 16.0 Å². The van der Waals surface area contributed by atoms with Gasteiger partial charge in [-0.1, -0.05) is 24.6 Å². The van der Waals surface area contributed by atoms with E-state index in [9.17, 15) is 19.2 Å². The fourth-order valence-electron chi connectivity index (χ4n) is 3.35. The van der Waals surface area contributed by atoms with Gasteiger partial charge < -0.3 is 20.1 Å². The molecule has 37 heavy (non-hydrogen) atoms. The summed E-state index contributed by atoms with van der Waals surface area (Å²) in [6, 6.07) is 5.51. The van der Waals surface area contributed by atoms with Crippen LogP contribution in [0.25, 0.3) is 0 Å². The van der Waals surface area contributed by atoms with Gasteiger partial charge in [-0.3, -0.25) is 19.3 Å². The number of thioether (sulfide) groups is 1. The summed E-state index contributed by atoms with van der Waals surface area (Å²) in [5.41, 5.74) is 1.67. The zero-order valence-electron chi connectivity index (χ0n) is 22.8. The predicted molar refractivity (Wildman–Crippen MR) is 145 cm³/mol. The molecule has 0 aliphatic carbocycles. The van der Waals surface area contributed by atoms with Crippen LogP contribution in [0.3, 0.4) is 0 Å². The number of hydrogen-bond donors (Lipinski definition) is 2. The minimum atomic E-state index is -1.18. The topological polar surface area (TPSA) is 114 Å². The zero-order valence-corrected chi connectivity index (χ0v) is 23.6. The first-order chi connectivity index (χ1) is 17.3. The number of alkyl carbamates (subject to hydrolysis) is 1. The molecule has 0 radical (unpaired) electrons. The fourth-order valence-corrected chi connectivity index (χ4v) is 3.82. The first-order valence-electron chi connectivity index (χ1n) is 12.1. The Hall–Kier alpha value is -3.19. The van der Waals surface area contributed by atoms with Crippen molar-refractivity contribution in [3.05, 3.63) is 34.9 Å². The maximum Gasteiger partial charge on any atom is 0.408 e. The Kier molecular flexibility index (Phi) is 13.0. The molecule has 0 aromatic heterocycles. The average molecular weight is 534 g/mol. The molecule has 1 aromatic rings. The number of carbonyl (C=O) groups excluding carboxylic acids is 4. The van der Waals surface area contributed by atoms with Crippen LogP contribution in [0.2, 0.25) is 0 Å². The van der Waals surface area contributed by atoms with Crippen molar-refractivity contribution < 1.29 is 28.7 Å². The highest BCUT2D eigenvalue weighted by molar-refractivity contribution is 7.98. The van der Waals surface area contributed by atoms with Crippen molar-refractivity contribution >= 4 is 35.6 Å². The van der Waals surface area contributed by atoms with Crippen LogP contribution in [0.4, 0.5) is 4.79 Å². The van der Waals surface area contributed by atoms with E-state index in [1.165, 1.54) is 11.8 Å². The molecule has 9 nitrogen and oxygen atoms in total. The molecule has 2 N–H and O–H groups in total. The van der Waals surface area contributed by atoms with E-state index in [4.69, 9.17) is 15.9 Å². The van der Waals surface area contributed by atoms with E-state index >= 15 is 0 Å². The van der Waals surface area contributed by atoms with Crippen LogP contribution < -0.4 is 10.6 Å². The van der Waals surface area contributed by atoms with Crippen molar-refractivity contribution in [2.45, 2.75) is 72.1 Å². The second-order valence-corrected chi connectivity index (χ2v) is 10.4. The quantitative estimate of drug-likeness (QED) is 0.240. The van der Waals surface area contributed by atoms with Crippen molar-refractivity contribution in [3.8, 4) is 12.5 Å². The number of amides is 3. The molecular weight excluding hydrogens is 494 g/mol. The Morgan fingerprint density at radius 2 is 1.84 bits per heavy atom. The summed E-state index contributed by atoms with van der Waals surface area (Å²) < 4.78 is 10.2. The van der Waals surface area contributed by atoms with Crippen molar-refractivity contribution in [2.24, 2.45) is 0 Å². The molecule has 1 rings (SSSR count). The molecule has 0 saturated carbocycles. The van der Waals surface area contributed by atoms with Crippen LogP contribution in [-0.2, 0) is 23.9 Å². The lowest BCUT2D eigenvalue weighted by Gasteiger charge is -2.30. The summed E-state index contributed by atoms with van der Waals surface area (Å²) in [5, 5.41) is 5.29. The number of hydrogen-bond acceptors (Lipinski definition) is 7. The lowest BCUT2D eigenvalue weighted by molar-refractivity contribution is -0.143. The van der Waals surface area contributed by atoms with Gasteiger partial charge in [0.25, 0.3) is 5.91 Å². The van der Waals surface area contributed by atoms with Crippen LogP contribution in [0.1, 0.15) is 63.3 Å². The van der Waals surface area contributed by atoms with Crippen LogP contribution in [-0.4, -0.2) is 65.6 Å². The van der Waals surface area contributed by atoms with E-state index in [-0.39, 0.29) is 26.0 Å². The van der Waals surface area contributed by atoms with Gasteiger partial charge >= 0.3 is 12.1 Å². The van der Waals surface area contributed by atoms with Crippen LogP contribution >= 0.6 is 11.8 Å². The van der Waals surface area contributed by atoms with Gasteiger partial charge in [-0.25, -0.2) is 4.79 Å². The molecule has 1 aromatic carbocycles. The van der Waals surface area contributed by atoms with Crippen molar-refractivity contribution in [3.63, 3.8) is 0 Å². The molecular formula is C27H39N3O6S. The van der Waals surface area contributed by atoms with Gasteiger partial charge in [0.2, 0.25) is 5.91 Å². The van der Waals surface area contributed by atoms with Crippen molar-refractivity contribution in [2.75, 3.05) is 25.2 Å². The van der Waals surface area contributed by atoms with E-state index < -0.39 is 41.6 Å². The van der Waals surface area contributed by atoms with Crippen LogP contribution in [0, 0.1) is 26.3 Å². The van der Waals surface area contributed by atoms with Crippen molar-refractivity contribution in [1.82, 2.24) is 15.5 Å². The number of nitrogens with zero attached hydrogens (tertiary/aromatic N) is 1. The smallest absolute Gasteiger partial charge is 0.408 e. The highest BCUT2D eigenvalue weighted by atomic mass is 32.2. The SMILES string of the molecule is C#CN(C(=O)C(CCSC)NC(=O)OC(C)(C)C)C(C(=O)NCCC(=O)OCC)c1ccc(C)c(C)c1. The maximum atomic E-state index is 13.7. The highest BCUT2D eigenvalue weighted by Gasteiger charge is 2.35. The second kappa shape index (κ2) is 15.2. The summed E-state index contributed by atoms with van der Waals surface area (Å²) in [6.07, 6.45) is 7.16. The number of aryl methyl sites for hydroxylation is 2. The first kappa shape index (κ1) is 31.8. The summed E-state index contributed by atoms with van der Waals surface area (Å²) in [4.78, 5) is 52.2. The normalized spacial score (nSPS) is 12.5. The van der Waals surface area contributed by atoms with E-state index in [1.807, 2.05) is 26.2 Å². The summed E-state index contributed by atoms with van der Waals surface area (Å²) in [5.74, 6) is -1.06. The lowest BCUT2D eigenvalue weighted by Crippen LogP contribution is -2.51. The van der Waals surface area contributed by atoms with E-state index in [1.54, 1.807) is 39.8 Å². The molecule has 204 valence electrons. The third kappa shape index (κ3) is 10.8. The number of esters is 1. The second-order valence-electron chi connectivity index (χ2n) is 9.41. The Balaban J connectivity index is 3.32. The molecule has 3 amide bonds. The molecule has 0 heterocycles. The third-order valence-corrected chi connectivity index (χ3v) is 5.91. The molecule has 2 atom stereocenters. The zero-order chi connectivity index (χ0) is 28.2. The Morgan fingerprint density at radius 1 is 1.16 bits per heavy atom. The molecule has 0 fully saturated rings. The van der Waals surface area contributed by atoms with Crippen molar-refractivity contribution in [1.29, 1.82) is 0 Å². The van der Waals surface area contributed by atoms with Crippen LogP contribution in [0.15, 0.2) is 18.2 Å². The van der Waals surface area contributed by atoms with Crippen LogP contribution in [0.5, 0.6) is 0 Å². The third-order valence-electron chi connectivity index (χ3n) is 5.26. The van der Waals surface area contributed by atoms with E-state index in [0.29, 0.717) is 11.3 Å². The molecule has 2 unspecified atom stereocenters. The Bertz CT molecular complexity index is 999. The fraction of sp³-hybridized carbons (Fsp3) is 0.556. The van der Waals surface area contributed by atoms with Gasteiger partial charge in [0.15, 0.2) is 0 Å². The summed E-state index contributed by atoms with van der Waals surface area (Å²) in [6.45, 7) is 10.9. The minimum Gasteiger partial charge on any atom is -0.466 e.